The third kappa shape index (κ3) is 3.67. The molecule has 1 heterocycles. The summed E-state index contributed by atoms with van der Waals surface area (Å²) in [6, 6.07) is 6.60. The van der Waals surface area contributed by atoms with Crippen molar-refractivity contribution in [1.82, 2.24) is 5.32 Å². The van der Waals surface area contributed by atoms with E-state index in [1.807, 2.05) is 12.1 Å². The van der Waals surface area contributed by atoms with Crippen molar-refractivity contribution in [3.05, 3.63) is 35.6 Å². The van der Waals surface area contributed by atoms with Gasteiger partial charge in [-0.3, -0.25) is 4.79 Å². The fourth-order valence-corrected chi connectivity index (χ4v) is 3.67. The van der Waals surface area contributed by atoms with E-state index in [0.29, 0.717) is 19.1 Å². The molecule has 0 spiro atoms. The molecule has 3 rings (SSSR count). The van der Waals surface area contributed by atoms with Gasteiger partial charge in [0.15, 0.2) is 0 Å². The van der Waals surface area contributed by atoms with E-state index >= 15 is 0 Å². The number of benzene rings is 1. The Bertz CT molecular complexity index is 490. The lowest BCUT2D eigenvalue weighted by Crippen LogP contribution is -2.39. The molecule has 1 saturated heterocycles. The summed E-state index contributed by atoms with van der Waals surface area (Å²) in [5, 5.41) is 3.25. The number of carbonyl (C=O) groups is 1. The van der Waals surface area contributed by atoms with Crippen molar-refractivity contribution < 1.29 is 13.9 Å². The zero-order valence-corrected chi connectivity index (χ0v) is 12.9. The van der Waals surface area contributed by atoms with Gasteiger partial charge in [0.2, 0.25) is 5.91 Å². The second-order valence-electron chi connectivity index (χ2n) is 6.47. The van der Waals surface area contributed by atoms with Crippen molar-refractivity contribution in [3.8, 4) is 0 Å². The topological polar surface area (TPSA) is 38.3 Å². The minimum atomic E-state index is -0.232. The molecular weight excluding hydrogens is 281 g/mol. The first-order valence-corrected chi connectivity index (χ1v) is 8.37. The van der Waals surface area contributed by atoms with Gasteiger partial charge in [0.1, 0.15) is 5.82 Å². The fraction of sp³-hybridized carbons (Fsp3) is 0.611. The highest BCUT2D eigenvalue weighted by atomic mass is 19.1. The van der Waals surface area contributed by atoms with Crippen LogP contribution in [0.3, 0.4) is 0 Å². The van der Waals surface area contributed by atoms with Crippen LogP contribution in [0, 0.1) is 17.7 Å². The smallest absolute Gasteiger partial charge is 0.223 e. The van der Waals surface area contributed by atoms with Gasteiger partial charge < -0.3 is 10.1 Å². The molecule has 0 aromatic heterocycles. The summed E-state index contributed by atoms with van der Waals surface area (Å²) in [6.45, 7) is 1.34. The molecule has 1 unspecified atom stereocenters. The molecule has 1 saturated carbocycles. The standard InChI is InChI=1S/C18H24FNO2/c19-16-7-5-14(6-8-16)17(13-3-1-2-4-13)20-18(21)15-9-11-22-12-10-15/h5-8,13,15,17H,1-4,9-12H2,(H,20,21). The van der Waals surface area contributed by atoms with Crippen LogP contribution in [0.25, 0.3) is 0 Å². The monoisotopic (exact) mass is 305 g/mol. The summed E-state index contributed by atoms with van der Waals surface area (Å²) in [6.07, 6.45) is 6.30. The predicted octanol–water partition coefficient (Wildman–Crippen LogP) is 3.60. The summed E-state index contributed by atoms with van der Waals surface area (Å²) in [7, 11) is 0. The van der Waals surface area contributed by atoms with Gasteiger partial charge in [0, 0.05) is 19.1 Å². The Morgan fingerprint density at radius 3 is 2.36 bits per heavy atom. The Labute approximate surface area is 131 Å². The van der Waals surface area contributed by atoms with Gasteiger partial charge in [-0.05, 0) is 49.3 Å². The number of ether oxygens (including phenoxy) is 1. The number of amides is 1. The molecule has 2 fully saturated rings. The average Bonchev–Trinajstić information content (AvgIpc) is 3.08. The predicted molar refractivity (Wildman–Crippen MR) is 82.8 cm³/mol. The minimum Gasteiger partial charge on any atom is -0.381 e. The van der Waals surface area contributed by atoms with Crippen molar-refractivity contribution in [2.75, 3.05) is 13.2 Å². The van der Waals surface area contributed by atoms with Crippen molar-refractivity contribution in [3.63, 3.8) is 0 Å². The first-order chi connectivity index (χ1) is 10.7. The quantitative estimate of drug-likeness (QED) is 0.923. The molecule has 1 aliphatic heterocycles. The van der Waals surface area contributed by atoms with Crippen LogP contribution in [0.5, 0.6) is 0 Å². The van der Waals surface area contributed by atoms with Gasteiger partial charge >= 0.3 is 0 Å². The first-order valence-electron chi connectivity index (χ1n) is 8.37. The summed E-state index contributed by atoms with van der Waals surface area (Å²) < 4.78 is 18.5. The van der Waals surface area contributed by atoms with Gasteiger partial charge in [-0.25, -0.2) is 4.39 Å². The van der Waals surface area contributed by atoms with Crippen molar-refractivity contribution in [1.29, 1.82) is 0 Å². The first kappa shape index (κ1) is 15.5. The van der Waals surface area contributed by atoms with Gasteiger partial charge in [0.25, 0.3) is 0 Å². The minimum absolute atomic E-state index is 0.0124. The third-order valence-electron chi connectivity index (χ3n) is 4.99. The van der Waals surface area contributed by atoms with Gasteiger partial charge in [-0.2, -0.15) is 0 Å². The summed E-state index contributed by atoms with van der Waals surface area (Å²) >= 11 is 0. The molecule has 1 atom stereocenters. The molecule has 1 amide bonds. The van der Waals surface area contributed by atoms with E-state index < -0.39 is 0 Å². The van der Waals surface area contributed by atoms with Crippen molar-refractivity contribution >= 4 is 5.91 Å². The van der Waals surface area contributed by atoms with Crippen LogP contribution >= 0.6 is 0 Å². The number of nitrogens with one attached hydrogen (secondary N) is 1. The van der Waals surface area contributed by atoms with Crippen LogP contribution in [-0.4, -0.2) is 19.1 Å². The molecule has 1 N–H and O–H groups in total. The molecule has 3 nitrogen and oxygen atoms in total. The molecule has 1 aromatic carbocycles. The molecule has 4 heteroatoms. The highest BCUT2D eigenvalue weighted by Crippen LogP contribution is 2.36. The van der Waals surface area contributed by atoms with E-state index in [4.69, 9.17) is 4.74 Å². The normalized spacial score (nSPS) is 21.7. The number of hydrogen-bond acceptors (Lipinski definition) is 2. The lowest BCUT2D eigenvalue weighted by Gasteiger charge is -2.29. The molecule has 2 aliphatic rings. The Morgan fingerprint density at radius 2 is 1.73 bits per heavy atom. The molecule has 1 aliphatic carbocycles. The zero-order valence-electron chi connectivity index (χ0n) is 12.9. The van der Waals surface area contributed by atoms with Crippen LogP contribution in [0.4, 0.5) is 4.39 Å². The summed E-state index contributed by atoms with van der Waals surface area (Å²) in [4.78, 5) is 12.6. The fourth-order valence-electron chi connectivity index (χ4n) is 3.67. The second-order valence-corrected chi connectivity index (χ2v) is 6.47. The SMILES string of the molecule is O=C(NC(c1ccc(F)cc1)C1CCCC1)C1CCOCC1. The van der Waals surface area contributed by atoms with E-state index in [1.165, 1.54) is 25.0 Å². The number of hydrogen-bond donors (Lipinski definition) is 1. The Hall–Kier alpha value is -1.42. The molecule has 1 aromatic rings. The van der Waals surface area contributed by atoms with Crippen LogP contribution in [0.1, 0.15) is 50.1 Å². The van der Waals surface area contributed by atoms with E-state index in [-0.39, 0.29) is 23.7 Å². The zero-order chi connectivity index (χ0) is 15.4. The Morgan fingerprint density at radius 1 is 1.09 bits per heavy atom. The maximum atomic E-state index is 13.2. The molecule has 22 heavy (non-hydrogen) atoms. The van der Waals surface area contributed by atoms with Crippen LogP contribution in [0.15, 0.2) is 24.3 Å². The third-order valence-corrected chi connectivity index (χ3v) is 4.99. The van der Waals surface area contributed by atoms with Crippen molar-refractivity contribution in [2.24, 2.45) is 11.8 Å². The van der Waals surface area contributed by atoms with Crippen LogP contribution in [-0.2, 0) is 9.53 Å². The molecule has 0 radical (unpaired) electrons. The molecular formula is C18H24FNO2. The number of halogens is 1. The van der Waals surface area contributed by atoms with Gasteiger partial charge in [-0.1, -0.05) is 25.0 Å². The maximum absolute atomic E-state index is 13.2. The summed E-state index contributed by atoms with van der Waals surface area (Å²) in [5.74, 6) is 0.418. The highest BCUT2D eigenvalue weighted by Gasteiger charge is 2.30. The summed E-state index contributed by atoms with van der Waals surface area (Å²) in [5.41, 5.74) is 1.02. The maximum Gasteiger partial charge on any atom is 0.223 e. The van der Waals surface area contributed by atoms with Crippen molar-refractivity contribution in [2.45, 2.75) is 44.6 Å². The second kappa shape index (κ2) is 7.23. The Kier molecular flexibility index (Phi) is 5.08. The lowest BCUT2D eigenvalue weighted by molar-refractivity contribution is -0.129. The largest absolute Gasteiger partial charge is 0.381 e. The molecule has 0 bridgehead atoms. The number of rotatable bonds is 4. The van der Waals surface area contributed by atoms with E-state index in [0.717, 1.165) is 31.2 Å². The van der Waals surface area contributed by atoms with Crippen LogP contribution in [0.2, 0.25) is 0 Å². The highest BCUT2D eigenvalue weighted by molar-refractivity contribution is 5.79. The van der Waals surface area contributed by atoms with E-state index in [2.05, 4.69) is 5.32 Å². The average molecular weight is 305 g/mol. The van der Waals surface area contributed by atoms with Crippen LogP contribution < -0.4 is 5.32 Å². The van der Waals surface area contributed by atoms with E-state index in [9.17, 15) is 9.18 Å². The number of carbonyl (C=O) groups excluding carboxylic acids is 1. The van der Waals surface area contributed by atoms with Gasteiger partial charge in [-0.15, -0.1) is 0 Å². The molecule has 120 valence electrons. The van der Waals surface area contributed by atoms with E-state index in [1.54, 1.807) is 0 Å². The lowest BCUT2D eigenvalue weighted by atomic mass is 9.90. The Balaban J connectivity index is 1.73. The van der Waals surface area contributed by atoms with Gasteiger partial charge in [0.05, 0.1) is 6.04 Å².